The minimum absolute atomic E-state index is 0.143. The maximum absolute atomic E-state index is 10.8. The molecular formula is C14H20N2O2. The SMILES string of the molecule is CN1CCN(c2ccc(C(=O)O)cc2)CC1(C)C. The van der Waals surface area contributed by atoms with Crippen molar-refractivity contribution in [1.82, 2.24) is 4.90 Å². The van der Waals surface area contributed by atoms with Crippen LogP contribution in [0.4, 0.5) is 5.69 Å². The Balaban J connectivity index is 2.15. The zero-order chi connectivity index (χ0) is 13.3. The number of benzene rings is 1. The first kappa shape index (κ1) is 12.9. The second-order valence-electron chi connectivity index (χ2n) is 5.51. The summed E-state index contributed by atoms with van der Waals surface area (Å²) in [7, 11) is 2.14. The third-order valence-electron chi connectivity index (χ3n) is 3.80. The van der Waals surface area contributed by atoms with Gasteiger partial charge in [-0.3, -0.25) is 4.90 Å². The first-order valence-corrected chi connectivity index (χ1v) is 6.20. The molecule has 98 valence electrons. The number of carboxylic acid groups (broad SMARTS) is 1. The Bertz CT molecular complexity index is 440. The fourth-order valence-corrected chi connectivity index (χ4v) is 2.28. The molecular weight excluding hydrogens is 228 g/mol. The molecule has 1 aromatic rings. The highest BCUT2D eigenvalue weighted by Gasteiger charge is 2.30. The number of piperazine rings is 1. The smallest absolute Gasteiger partial charge is 0.335 e. The quantitative estimate of drug-likeness (QED) is 0.868. The van der Waals surface area contributed by atoms with Crippen molar-refractivity contribution >= 4 is 11.7 Å². The summed E-state index contributed by atoms with van der Waals surface area (Å²) < 4.78 is 0. The lowest BCUT2D eigenvalue weighted by atomic mass is 9.99. The highest BCUT2D eigenvalue weighted by atomic mass is 16.4. The molecule has 4 nitrogen and oxygen atoms in total. The maximum atomic E-state index is 10.8. The normalized spacial score (nSPS) is 19.8. The summed E-state index contributed by atoms with van der Waals surface area (Å²) >= 11 is 0. The third kappa shape index (κ3) is 2.48. The van der Waals surface area contributed by atoms with Crippen LogP contribution in [0.25, 0.3) is 0 Å². The van der Waals surface area contributed by atoms with Crippen LogP contribution < -0.4 is 4.90 Å². The van der Waals surface area contributed by atoms with Crippen molar-refractivity contribution in [1.29, 1.82) is 0 Å². The van der Waals surface area contributed by atoms with Gasteiger partial charge < -0.3 is 10.0 Å². The van der Waals surface area contributed by atoms with Gasteiger partial charge in [0.25, 0.3) is 0 Å². The molecule has 0 saturated carbocycles. The largest absolute Gasteiger partial charge is 0.478 e. The van der Waals surface area contributed by atoms with Gasteiger partial charge in [-0.2, -0.15) is 0 Å². The van der Waals surface area contributed by atoms with E-state index in [1.807, 2.05) is 12.1 Å². The molecule has 4 heteroatoms. The molecule has 1 aromatic carbocycles. The van der Waals surface area contributed by atoms with Gasteiger partial charge in [0.2, 0.25) is 0 Å². The molecule has 1 saturated heterocycles. The number of rotatable bonds is 2. The van der Waals surface area contributed by atoms with Crippen molar-refractivity contribution in [2.45, 2.75) is 19.4 Å². The molecule has 0 spiro atoms. The molecule has 0 bridgehead atoms. The molecule has 1 heterocycles. The molecule has 1 aliphatic rings. The fourth-order valence-electron chi connectivity index (χ4n) is 2.28. The third-order valence-corrected chi connectivity index (χ3v) is 3.80. The van der Waals surface area contributed by atoms with E-state index in [4.69, 9.17) is 5.11 Å². The highest BCUT2D eigenvalue weighted by Crippen LogP contribution is 2.24. The molecule has 0 unspecified atom stereocenters. The lowest BCUT2D eigenvalue weighted by molar-refractivity contribution is 0.0697. The number of hydrogen-bond acceptors (Lipinski definition) is 3. The molecule has 0 radical (unpaired) electrons. The van der Waals surface area contributed by atoms with Crippen molar-refractivity contribution < 1.29 is 9.90 Å². The summed E-state index contributed by atoms with van der Waals surface area (Å²) in [6, 6.07) is 7.13. The Morgan fingerprint density at radius 2 is 1.83 bits per heavy atom. The summed E-state index contributed by atoms with van der Waals surface area (Å²) in [5.41, 5.74) is 1.58. The second kappa shape index (κ2) is 4.61. The van der Waals surface area contributed by atoms with Crippen LogP contribution in [0.5, 0.6) is 0 Å². The van der Waals surface area contributed by atoms with Gasteiger partial charge in [0.05, 0.1) is 5.56 Å². The van der Waals surface area contributed by atoms with Crippen molar-refractivity contribution in [3.63, 3.8) is 0 Å². The second-order valence-corrected chi connectivity index (χ2v) is 5.51. The van der Waals surface area contributed by atoms with Crippen molar-refractivity contribution in [3.05, 3.63) is 29.8 Å². The summed E-state index contributed by atoms with van der Waals surface area (Å²) in [6.07, 6.45) is 0. The highest BCUT2D eigenvalue weighted by molar-refractivity contribution is 5.88. The predicted octanol–water partition coefficient (Wildman–Crippen LogP) is 1.92. The average Bonchev–Trinajstić information content (AvgIpc) is 2.33. The molecule has 18 heavy (non-hydrogen) atoms. The molecule has 1 fully saturated rings. The van der Waals surface area contributed by atoms with E-state index >= 15 is 0 Å². The Hall–Kier alpha value is -1.55. The average molecular weight is 248 g/mol. The van der Waals surface area contributed by atoms with Crippen molar-refractivity contribution in [2.75, 3.05) is 31.6 Å². The number of hydrogen-bond donors (Lipinski definition) is 1. The summed E-state index contributed by atoms with van der Waals surface area (Å²) in [5, 5.41) is 8.88. The first-order valence-electron chi connectivity index (χ1n) is 6.20. The van der Waals surface area contributed by atoms with Gasteiger partial charge in [0.1, 0.15) is 0 Å². The van der Waals surface area contributed by atoms with E-state index in [0.29, 0.717) is 5.56 Å². The number of anilines is 1. The van der Waals surface area contributed by atoms with Crippen molar-refractivity contribution in [3.8, 4) is 0 Å². The molecule has 0 aromatic heterocycles. The van der Waals surface area contributed by atoms with Crippen LogP contribution in [-0.4, -0.2) is 48.2 Å². The van der Waals surface area contributed by atoms with Crippen LogP contribution in [0.3, 0.4) is 0 Å². The molecule has 1 aliphatic heterocycles. The lowest BCUT2D eigenvalue weighted by Gasteiger charge is -2.46. The number of likely N-dealkylation sites (N-methyl/N-ethyl adjacent to an activating group) is 1. The van der Waals surface area contributed by atoms with Crippen LogP contribution in [0.15, 0.2) is 24.3 Å². The minimum Gasteiger partial charge on any atom is -0.478 e. The number of carbonyl (C=O) groups is 1. The van der Waals surface area contributed by atoms with Crippen molar-refractivity contribution in [2.24, 2.45) is 0 Å². The Morgan fingerprint density at radius 1 is 1.22 bits per heavy atom. The zero-order valence-electron chi connectivity index (χ0n) is 11.2. The molecule has 0 aliphatic carbocycles. The fraction of sp³-hybridized carbons (Fsp3) is 0.500. The van der Waals surface area contributed by atoms with Gasteiger partial charge in [-0.25, -0.2) is 4.79 Å². The topological polar surface area (TPSA) is 43.8 Å². The molecule has 0 amide bonds. The van der Waals surface area contributed by atoms with Gasteiger partial charge in [-0.1, -0.05) is 0 Å². The zero-order valence-corrected chi connectivity index (χ0v) is 11.2. The maximum Gasteiger partial charge on any atom is 0.335 e. The number of carboxylic acids is 1. The minimum atomic E-state index is -0.875. The summed E-state index contributed by atoms with van der Waals surface area (Å²) in [6.45, 7) is 7.41. The van der Waals surface area contributed by atoms with Crippen LogP contribution in [0.2, 0.25) is 0 Å². The number of nitrogens with zero attached hydrogens (tertiary/aromatic N) is 2. The summed E-state index contributed by atoms with van der Waals surface area (Å²) in [4.78, 5) is 15.5. The first-order chi connectivity index (χ1) is 8.40. The predicted molar refractivity (Wildman–Crippen MR) is 72.3 cm³/mol. The van der Waals surface area contributed by atoms with E-state index in [0.717, 1.165) is 25.3 Å². The van der Waals surface area contributed by atoms with Crippen LogP contribution >= 0.6 is 0 Å². The Morgan fingerprint density at radius 3 is 2.33 bits per heavy atom. The standard InChI is InChI=1S/C14H20N2O2/c1-14(2)10-16(9-8-15(14)3)12-6-4-11(5-7-12)13(17)18/h4-7H,8-10H2,1-3H3,(H,17,18). The van der Waals surface area contributed by atoms with E-state index in [9.17, 15) is 4.79 Å². The van der Waals surface area contributed by atoms with Gasteiger partial charge in [0.15, 0.2) is 0 Å². The van der Waals surface area contributed by atoms with Crippen LogP contribution in [0.1, 0.15) is 24.2 Å². The number of aromatic carboxylic acids is 1. The molecule has 2 rings (SSSR count). The van der Waals surface area contributed by atoms with Crippen LogP contribution in [0, 0.1) is 0 Å². The van der Waals surface area contributed by atoms with Gasteiger partial charge in [0, 0.05) is 30.9 Å². The Labute approximate surface area is 108 Å². The van der Waals surface area contributed by atoms with E-state index in [1.54, 1.807) is 12.1 Å². The monoisotopic (exact) mass is 248 g/mol. The van der Waals surface area contributed by atoms with E-state index in [-0.39, 0.29) is 5.54 Å². The Kier molecular flexibility index (Phi) is 3.30. The van der Waals surface area contributed by atoms with Gasteiger partial charge in [-0.05, 0) is 45.2 Å². The lowest BCUT2D eigenvalue weighted by Crippen LogP contribution is -2.57. The van der Waals surface area contributed by atoms with Gasteiger partial charge >= 0.3 is 5.97 Å². The molecule has 1 N–H and O–H groups in total. The van der Waals surface area contributed by atoms with E-state index in [1.165, 1.54) is 0 Å². The molecule has 0 atom stereocenters. The van der Waals surface area contributed by atoms with Gasteiger partial charge in [-0.15, -0.1) is 0 Å². The van der Waals surface area contributed by atoms with E-state index < -0.39 is 5.97 Å². The van der Waals surface area contributed by atoms with E-state index in [2.05, 4.69) is 30.7 Å². The van der Waals surface area contributed by atoms with Crippen LogP contribution in [-0.2, 0) is 0 Å². The summed E-state index contributed by atoms with van der Waals surface area (Å²) in [5.74, 6) is -0.875.